The molecule has 2 amide bonds. The summed E-state index contributed by atoms with van der Waals surface area (Å²) >= 11 is 0. The van der Waals surface area contributed by atoms with Crippen LogP contribution >= 0.6 is 0 Å². The van der Waals surface area contributed by atoms with E-state index >= 15 is 0 Å². The van der Waals surface area contributed by atoms with Gasteiger partial charge in [0.2, 0.25) is 11.8 Å². The summed E-state index contributed by atoms with van der Waals surface area (Å²) in [6.07, 6.45) is 5.08. The summed E-state index contributed by atoms with van der Waals surface area (Å²) in [5, 5.41) is 6.79. The van der Waals surface area contributed by atoms with Crippen molar-refractivity contribution in [1.29, 1.82) is 0 Å². The molecule has 1 aromatic carbocycles. The van der Waals surface area contributed by atoms with Crippen molar-refractivity contribution in [3.8, 4) is 0 Å². The Kier molecular flexibility index (Phi) is 4.92. The predicted octanol–water partition coefficient (Wildman–Crippen LogP) is 3.00. The quantitative estimate of drug-likeness (QED) is 0.876. The van der Waals surface area contributed by atoms with Crippen LogP contribution in [-0.4, -0.2) is 39.9 Å². The summed E-state index contributed by atoms with van der Waals surface area (Å²) in [5.41, 5.74) is 1.33. The molecule has 0 radical (unpaired) electrons. The number of carbonyl (C=O) groups excluding carboxylic acids is 2. The predicted molar refractivity (Wildman–Crippen MR) is 99.4 cm³/mol. The molecule has 142 valence electrons. The molecule has 1 saturated heterocycles. The molecule has 27 heavy (non-hydrogen) atoms. The summed E-state index contributed by atoms with van der Waals surface area (Å²) in [4.78, 5) is 30.3. The minimum atomic E-state index is -0.126. The van der Waals surface area contributed by atoms with E-state index in [4.69, 9.17) is 4.52 Å². The lowest BCUT2D eigenvalue weighted by molar-refractivity contribution is -0.114. The van der Waals surface area contributed by atoms with Crippen LogP contribution in [0.2, 0.25) is 0 Å². The Bertz CT molecular complexity index is 826. The topological polar surface area (TPSA) is 88.3 Å². The van der Waals surface area contributed by atoms with Gasteiger partial charge in [0.1, 0.15) is 0 Å². The van der Waals surface area contributed by atoms with Gasteiger partial charge in [-0.25, -0.2) is 0 Å². The fourth-order valence-electron chi connectivity index (χ4n) is 3.60. The van der Waals surface area contributed by atoms with Crippen molar-refractivity contribution in [2.24, 2.45) is 5.92 Å². The fourth-order valence-corrected chi connectivity index (χ4v) is 3.60. The number of anilines is 1. The van der Waals surface area contributed by atoms with Crippen LogP contribution in [0, 0.1) is 5.92 Å². The smallest absolute Gasteiger partial charge is 0.253 e. The number of hydrogen-bond donors (Lipinski definition) is 1. The van der Waals surface area contributed by atoms with Crippen molar-refractivity contribution in [3.63, 3.8) is 0 Å². The first-order chi connectivity index (χ1) is 13.1. The average Bonchev–Trinajstić information content (AvgIpc) is 3.41. The Hall–Kier alpha value is -2.70. The summed E-state index contributed by atoms with van der Waals surface area (Å²) < 4.78 is 5.39. The zero-order valence-corrected chi connectivity index (χ0v) is 15.5. The number of hydrogen-bond acceptors (Lipinski definition) is 5. The van der Waals surface area contributed by atoms with Crippen LogP contribution in [0.3, 0.4) is 0 Å². The highest BCUT2D eigenvalue weighted by molar-refractivity contribution is 5.95. The Balaban J connectivity index is 1.36. The van der Waals surface area contributed by atoms with Crippen molar-refractivity contribution in [3.05, 3.63) is 41.5 Å². The van der Waals surface area contributed by atoms with E-state index < -0.39 is 0 Å². The third-order valence-electron chi connectivity index (χ3n) is 5.15. The SMILES string of the molecule is CC(=O)Nc1ccc(C(=O)N2CCCC(Cc3nc(C4CC4)no3)C2)cc1. The molecular formula is C20H24N4O3. The van der Waals surface area contributed by atoms with Gasteiger partial charge in [-0.15, -0.1) is 0 Å². The second-order valence-corrected chi connectivity index (χ2v) is 7.54. The van der Waals surface area contributed by atoms with E-state index in [9.17, 15) is 9.59 Å². The molecule has 2 heterocycles. The first kappa shape index (κ1) is 17.7. The normalized spacial score (nSPS) is 19.7. The molecule has 4 rings (SSSR count). The standard InChI is InChI=1S/C20H24N4O3/c1-13(25)21-17-8-6-16(7-9-17)20(26)24-10-2-3-14(12-24)11-18-22-19(23-27-18)15-4-5-15/h6-9,14-15H,2-5,10-12H2,1H3,(H,21,25). The molecule has 1 aromatic heterocycles. The van der Waals surface area contributed by atoms with Gasteiger partial charge in [-0.1, -0.05) is 5.16 Å². The third kappa shape index (κ3) is 4.35. The lowest BCUT2D eigenvalue weighted by atomic mass is 9.94. The van der Waals surface area contributed by atoms with Crippen molar-refractivity contribution in [1.82, 2.24) is 15.0 Å². The number of nitrogens with one attached hydrogen (secondary N) is 1. The second-order valence-electron chi connectivity index (χ2n) is 7.54. The number of carbonyl (C=O) groups is 2. The van der Waals surface area contributed by atoms with E-state index in [1.165, 1.54) is 6.92 Å². The highest BCUT2D eigenvalue weighted by Gasteiger charge is 2.30. The lowest BCUT2D eigenvalue weighted by Gasteiger charge is -2.32. The number of aromatic nitrogens is 2. The van der Waals surface area contributed by atoms with Gasteiger partial charge in [-0.3, -0.25) is 9.59 Å². The molecule has 0 spiro atoms. The Morgan fingerprint density at radius 1 is 1.22 bits per heavy atom. The van der Waals surface area contributed by atoms with Gasteiger partial charge in [-0.2, -0.15) is 4.98 Å². The molecule has 1 aliphatic carbocycles. The Labute approximate surface area is 158 Å². The summed E-state index contributed by atoms with van der Waals surface area (Å²) in [7, 11) is 0. The van der Waals surface area contributed by atoms with E-state index in [2.05, 4.69) is 15.5 Å². The number of likely N-dealkylation sites (tertiary alicyclic amines) is 1. The van der Waals surface area contributed by atoms with E-state index in [-0.39, 0.29) is 11.8 Å². The fraction of sp³-hybridized carbons (Fsp3) is 0.500. The molecule has 7 nitrogen and oxygen atoms in total. The van der Waals surface area contributed by atoms with Gasteiger partial charge in [0.05, 0.1) is 0 Å². The lowest BCUT2D eigenvalue weighted by Crippen LogP contribution is -2.40. The maximum absolute atomic E-state index is 12.8. The molecule has 1 N–H and O–H groups in total. The number of nitrogens with zero attached hydrogens (tertiary/aromatic N) is 3. The number of piperidine rings is 1. The van der Waals surface area contributed by atoms with Crippen LogP contribution in [-0.2, 0) is 11.2 Å². The molecule has 2 aromatic rings. The monoisotopic (exact) mass is 368 g/mol. The number of rotatable bonds is 5. The average molecular weight is 368 g/mol. The first-order valence-corrected chi connectivity index (χ1v) is 9.58. The highest BCUT2D eigenvalue weighted by Crippen LogP contribution is 2.38. The number of benzene rings is 1. The zero-order chi connectivity index (χ0) is 18.8. The van der Waals surface area contributed by atoms with E-state index in [0.29, 0.717) is 35.5 Å². The molecule has 7 heteroatoms. The van der Waals surface area contributed by atoms with Gasteiger partial charge in [-0.05, 0) is 55.9 Å². The summed E-state index contributed by atoms with van der Waals surface area (Å²) in [6, 6.07) is 7.04. The van der Waals surface area contributed by atoms with Gasteiger partial charge in [0.15, 0.2) is 5.82 Å². The molecule has 1 aliphatic heterocycles. The summed E-state index contributed by atoms with van der Waals surface area (Å²) in [6.45, 7) is 2.93. The first-order valence-electron chi connectivity index (χ1n) is 9.58. The van der Waals surface area contributed by atoms with Crippen LogP contribution in [0.25, 0.3) is 0 Å². The Morgan fingerprint density at radius 2 is 2.00 bits per heavy atom. The van der Waals surface area contributed by atoms with Crippen molar-refractivity contribution < 1.29 is 14.1 Å². The van der Waals surface area contributed by atoms with E-state index in [0.717, 1.165) is 44.5 Å². The maximum atomic E-state index is 12.8. The largest absolute Gasteiger partial charge is 0.339 e. The van der Waals surface area contributed by atoms with Crippen molar-refractivity contribution in [2.75, 3.05) is 18.4 Å². The molecule has 2 aliphatic rings. The van der Waals surface area contributed by atoms with E-state index in [1.807, 2.05) is 4.90 Å². The van der Waals surface area contributed by atoms with Crippen LogP contribution < -0.4 is 5.32 Å². The van der Waals surface area contributed by atoms with Crippen LogP contribution in [0.15, 0.2) is 28.8 Å². The van der Waals surface area contributed by atoms with E-state index in [1.54, 1.807) is 24.3 Å². The molecule has 1 unspecified atom stereocenters. The Morgan fingerprint density at radius 3 is 2.70 bits per heavy atom. The van der Waals surface area contributed by atoms with Crippen LogP contribution in [0.4, 0.5) is 5.69 Å². The number of amides is 2. The third-order valence-corrected chi connectivity index (χ3v) is 5.15. The molecule has 1 saturated carbocycles. The molecule has 1 atom stereocenters. The summed E-state index contributed by atoms with van der Waals surface area (Å²) in [5.74, 6) is 2.27. The van der Waals surface area contributed by atoms with Gasteiger partial charge in [0, 0.05) is 43.6 Å². The van der Waals surface area contributed by atoms with Gasteiger partial charge in [0.25, 0.3) is 5.91 Å². The van der Waals surface area contributed by atoms with Crippen molar-refractivity contribution in [2.45, 2.75) is 44.9 Å². The van der Waals surface area contributed by atoms with Gasteiger partial charge < -0.3 is 14.7 Å². The molecule has 2 fully saturated rings. The molecular weight excluding hydrogens is 344 g/mol. The highest BCUT2D eigenvalue weighted by atomic mass is 16.5. The minimum absolute atomic E-state index is 0.0262. The zero-order valence-electron chi connectivity index (χ0n) is 15.5. The maximum Gasteiger partial charge on any atom is 0.253 e. The minimum Gasteiger partial charge on any atom is -0.339 e. The molecule has 0 bridgehead atoms. The van der Waals surface area contributed by atoms with Crippen molar-refractivity contribution >= 4 is 17.5 Å². The second kappa shape index (κ2) is 7.50. The van der Waals surface area contributed by atoms with Crippen LogP contribution in [0.1, 0.15) is 60.6 Å². The van der Waals surface area contributed by atoms with Gasteiger partial charge >= 0.3 is 0 Å². The van der Waals surface area contributed by atoms with Crippen LogP contribution in [0.5, 0.6) is 0 Å².